The summed E-state index contributed by atoms with van der Waals surface area (Å²) in [5, 5.41) is 0. The van der Waals surface area contributed by atoms with Gasteiger partial charge >= 0.3 is 0 Å². The second-order valence-electron chi connectivity index (χ2n) is 3.94. The Morgan fingerprint density at radius 3 is 2.53 bits per heavy atom. The number of rotatable bonds is 3. The first-order valence-corrected chi connectivity index (χ1v) is 5.08. The average molecular weight is 232 g/mol. The van der Waals surface area contributed by atoms with Crippen LogP contribution in [0.2, 0.25) is 0 Å². The van der Waals surface area contributed by atoms with Gasteiger partial charge in [-0.25, -0.2) is 4.39 Å². The van der Waals surface area contributed by atoms with Crippen LogP contribution in [-0.4, -0.2) is 0 Å². The van der Waals surface area contributed by atoms with E-state index < -0.39 is 0 Å². The second kappa shape index (κ2) is 6.09. The lowest BCUT2D eigenvalue weighted by Crippen LogP contribution is -2.19. The summed E-state index contributed by atoms with van der Waals surface area (Å²) < 4.78 is 13.4. The van der Waals surface area contributed by atoms with Gasteiger partial charge in [-0.2, -0.15) is 0 Å². The first-order valence-electron chi connectivity index (χ1n) is 5.08. The molecule has 0 bridgehead atoms. The SMILES string of the molecule is CCC(C)[C@@H](N)c1cc(C)ccc1F.Cl. The van der Waals surface area contributed by atoms with E-state index >= 15 is 0 Å². The zero-order valence-corrected chi connectivity index (χ0v) is 10.3. The van der Waals surface area contributed by atoms with Crippen molar-refractivity contribution in [3.63, 3.8) is 0 Å². The summed E-state index contributed by atoms with van der Waals surface area (Å²) >= 11 is 0. The van der Waals surface area contributed by atoms with E-state index in [4.69, 9.17) is 5.73 Å². The maximum Gasteiger partial charge on any atom is 0.127 e. The lowest BCUT2D eigenvalue weighted by Gasteiger charge is -2.19. The van der Waals surface area contributed by atoms with Crippen LogP contribution in [0.5, 0.6) is 0 Å². The Morgan fingerprint density at radius 2 is 2.00 bits per heavy atom. The van der Waals surface area contributed by atoms with Crippen molar-refractivity contribution in [1.82, 2.24) is 0 Å². The van der Waals surface area contributed by atoms with Crippen LogP contribution >= 0.6 is 12.4 Å². The van der Waals surface area contributed by atoms with E-state index in [1.165, 1.54) is 6.07 Å². The average Bonchev–Trinajstić information content (AvgIpc) is 2.19. The van der Waals surface area contributed by atoms with Crippen molar-refractivity contribution in [2.24, 2.45) is 11.7 Å². The van der Waals surface area contributed by atoms with Gasteiger partial charge in [0.05, 0.1) is 0 Å². The van der Waals surface area contributed by atoms with Crippen molar-refractivity contribution in [2.75, 3.05) is 0 Å². The molecule has 1 aromatic rings. The first kappa shape index (κ1) is 14.4. The molecule has 2 N–H and O–H groups in total. The van der Waals surface area contributed by atoms with E-state index in [-0.39, 0.29) is 24.3 Å². The van der Waals surface area contributed by atoms with Gasteiger partial charge in [0.15, 0.2) is 0 Å². The van der Waals surface area contributed by atoms with Crippen LogP contribution < -0.4 is 5.73 Å². The predicted molar refractivity (Wildman–Crippen MR) is 64.8 cm³/mol. The smallest absolute Gasteiger partial charge is 0.127 e. The molecule has 0 saturated heterocycles. The maximum atomic E-state index is 13.4. The Hall–Kier alpha value is -0.600. The van der Waals surface area contributed by atoms with Gasteiger partial charge in [0.25, 0.3) is 0 Å². The van der Waals surface area contributed by atoms with E-state index in [0.717, 1.165) is 12.0 Å². The lowest BCUT2D eigenvalue weighted by molar-refractivity contribution is 0.439. The predicted octanol–water partition coefficient (Wildman–Crippen LogP) is 3.60. The highest BCUT2D eigenvalue weighted by Crippen LogP contribution is 2.24. The molecule has 1 unspecified atom stereocenters. The molecule has 0 heterocycles. The number of benzene rings is 1. The van der Waals surface area contributed by atoms with Crippen LogP contribution in [0.4, 0.5) is 4.39 Å². The molecule has 0 amide bonds. The summed E-state index contributed by atoms with van der Waals surface area (Å²) in [7, 11) is 0. The van der Waals surface area contributed by atoms with Crippen LogP contribution in [0.25, 0.3) is 0 Å². The van der Waals surface area contributed by atoms with Crippen molar-refractivity contribution in [1.29, 1.82) is 0 Å². The third-order valence-electron chi connectivity index (χ3n) is 2.77. The summed E-state index contributed by atoms with van der Waals surface area (Å²) in [4.78, 5) is 0. The molecule has 0 aliphatic heterocycles. The molecule has 0 aliphatic rings. The zero-order chi connectivity index (χ0) is 10.7. The largest absolute Gasteiger partial charge is 0.324 e. The Bertz CT molecular complexity index is 314. The van der Waals surface area contributed by atoms with Gasteiger partial charge < -0.3 is 5.73 Å². The number of hydrogen-bond donors (Lipinski definition) is 1. The molecular formula is C12H19ClFN. The van der Waals surface area contributed by atoms with Crippen LogP contribution in [0.1, 0.15) is 37.4 Å². The number of halogens is 2. The standard InChI is InChI=1S/C12H18FN.ClH/c1-4-9(3)12(14)10-7-8(2)5-6-11(10)13;/h5-7,9,12H,4,14H2,1-3H3;1H/t9?,12-;/m1./s1. The van der Waals surface area contributed by atoms with Crippen LogP contribution in [0, 0.1) is 18.7 Å². The summed E-state index contributed by atoms with van der Waals surface area (Å²) in [6.07, 6.45) is 0.967. The highest BCUT2D eigenvalue weighted by Gasteiger charge is 2.16. The molecule has 0 radical (unpaired) electrons. The fraction of sp³-hybridized carbons (Fsp3) is 0.500. The van der Waals surface area contributed by atoms with E-state index in [9.17, 15) is 4.39 Å². The molecule has 1 aromatic carbocycles. The van der Waals surface area contributed by atoms with Gasteiger partial charge in [-0.15, -0.1) is 12.4 Å². The van der Waals surface area contributed by atoms with E-state index in [2.05, 4.69) is 6.92 Å². The van der Waals surface area contributed by atoms with Gasteiger partial charge in [-0.05, 0) is 18.9 Å². The number of aryl methyl sites for hydroxylation is 1. The van der Waals surface area contributed by atoms with Crippen LogP contribution in [0.15, 0.2) is 18.2 Å². The van der Waals surface area contributed by atoms with Gasteiger partial charge in [0, 0.05) is 11.6 Å². The monoisotopic (exact) mass is 231 g/mol. The first-order chi connectivity index (χ1) is 6.56. The Labute approximate surface area is 97.3 Å². The van der Waals surface area contributed by atoms with E-state index in [1.54, 1.807) is 6.07 Å². The molecule has 0 aliphatic carbocycles. The van der Waals surface area contributed by atoms with Crippen LogP contribution in [-0.2, 0) is 0 Å². The fourth-order valence-electron chi connectivity index (χ4n) is 1.48. The zero-order valence-electron chi connectivity index (χ0n) is 9.46. The summed E-state index contributed by atoms with van der Waals surface area (Å²) in [6, 6.07) is 4.90. The molecule has 0 saturated carbocycles. The molecule has 0 spiro atoms. The highest BCUT2D eigenvalue weighted by molar-refractivity contribution is 5.85. The van der Waals surface area contributed by atoms with Crippen LogP contribution in [0.3, 0.4) is 0 Å². The Balaban J connectivity index is 0.00000196. The van der Waals surface area contributed by atoms with Gasteiger partial charge in [-0.3, -0.25) is 0 Å². The minimum atomic E-state index is -0.195. The second-order valence-corrected chi connectivity index (χ2v) is 3.94. The van der Waals surface area contributed by atoms with Crippen molar-refractivity contribution in [3.05, 3.63) is 35.1 Å². The van der Waals surface area contributed by atoms with Crippen molar-refractivity contribution in [3.8, 4) is 0 Å². The highest BCUT2D eigenvalue weighted by atomic mass is 35.5. The van der Waals surface area contributed by atoms with E-state index in [1.807, 2.05) is 19.9 Å². The van der Waals surface area contributed by atoms with Crippen molar-refractivity contribution in [2.45, 2.75) is 33.2 Å². The number of nitrogens with two attached hydrogens (primary N) is 1. The fourth-order valence-corrected chi connectivity index (χ4v) is 1.48. The minimum absolute atomic E-state index is 0. The van der Waals surface area contributed by atoms with Crippen molar-refractivity contribution < 1.29 is 4.39 Å². The molecule has 15 heavy (non-hydrogen) atoms. The van der Waals surface area contributed by atoms with Crippen molar-refractivity contribution >= 4 is 12.4 Å². The summed E-state index contributed by atoms with van der Waals surface area (Å²) in [5.41, 5.74) is 7.67. The number of hydrogen-bond acceptors (Lipinski definition) is 1. The van der Waals surface area contributed by atoms with Gasteiger partial charge in [0.1, 0.15) is 5.82 Å². The topological polar surface area (TPSA) is 26.0 Å². The third kappa shape index (κ3) is 3.47. The van der Waals surface area contributed by atoms with E-state index in [0.29, 0.717) is 11.5 Å². The molecule has 0 fully saturated rings. The lowest BCUT2D eigenvalue weighted by atomic mass is 9.92. The maximum absolute atomic E-state index is 13.4. The minimum Gasteiger partial charge on any atom is -0.324 e. The summed E-state index contributed by atoms with van der Waals surface area (Å²) in [6.45, 7) is 6.07. The molecule has 3 heteroatoms. The summed E-state index contributed by atoms with van der Waals surface area (Å²) in [5.74, 6) is 0.120. The molecular weight excluding hydrogens is 213 g/mol. The molecule has 1 rings (SSSR count). The molecule has 1 nitrogen and oxygen atoms in total. The van der Waals surface area contributed by atoms with Gasteiger partial charge in [0.2, 0.25) is 0 Å². The Morgan fingerprint density at radius 1 is 1.40 bits per heavy atom. The quantitative estimate of drug-likeness (QED) is 0.845. The normalized spacial score (nSPS) is 14.2. The molecule has 0 aromatic heterocycles. The molecule has 2 atom stereocenters. The molecule has 86 valence electrons. The third-order valence-corrected chi connectivity index (χ3v) is 2.77. The Kier molecular flexibility index (Phi) is 5.84. The van der Waals surface area contributed by atoms with Gasteiger partial charge in [-0.1, -0.05) is 38.0 Å².